The molecule has 0 radical (unpaired) electrons. The number of anilines is 3. The van der Waals surface area contributed by atoms with E-state index in [0.29, 0.717) is 32.5 Å². The molecule has 0 N–H and O–H groups in total. The molecule has 3 rings (SSSR count). The van der Waals surface area contributed by atoms with Crippen molar-refractivity contribution in [2.45, 2.75) is 19.8 Å². The van der Waals surface area contributed by atoms with Crippen LogP contribution in [0.5, 0.6) is 0 Å². The molecule has 0 bridgehead atoms. The largest absolute Gasteiger partial charge is 0.466 e. The minimum absolute atomic E-state index is 0.136. The molecule has 0 spiro atoms. The molecule has 0 unspecified atom stereocenters. The number of benzene rings is 1. The quantitative estimate of drug-likeness (QED) is 0.425. The molecule has 0 saturated carbocycles. The third-order valence-electron chi connectivity index (χ3n) is 4.84. The van der Waals surface area contributed by atoms with Crippen molar-refractivity contribution in [2.75, 3.05) is 36.5 Å². The number of rotatable bonds is 6. The number of nitro groups is 1. The average molecular weight is 385 g/mol. The summed E-state index contributed by atoms with van der Waals surface area (Å²) in [5.41, 5.74) is 0.653. The van der Waals surface area contributed by atoms with Crippen molar-refractivity contribution >= 4 is 29.0 Å². The molecular formula is C19H23N5O4. The second kappa shape index (κ2) is 8.64. The van der Waals surface area contributed by atoms with Crippen LogP contribution in [-0.2, 0) is 9.53 Å². The number of hydrogen-bond donors (Lipinski definition) is 0. The van der Waals surface area contributed by atoms with Crippen molar-refractivity contribution in [1.82, 2.24) is 9.97 Å². The molecule has 28 heavy (non-hydrogen) atoms. The summed E-state index contributed by atoms with van der Waals surface area (Å²) in [4.78, 5) is 35.3. The predicted octanol–water partition coefficient (Wildman–Crippen LogP) is 2.93. The SMILES string of the molecule is CCOC(=O)C1CCN(c2ncnc(N(C)c3ccccc3)c2[N+](=O)[O-])CC1. The summed E-state index contributed by atoms with van der Waals surface area (Å²) in [6, 6.07) is 9.32. The average Bonchev–Trinajstić information content (AvgIpc) is 2.73. The number of ether oxygens (including phenoxy) is 1. The number of carbonyl (C=O) groups is 1. The van der Waals surface area contributed by atoms with Crippen molar-refractivity contribution in [1.29, 1.82) is 0 Å². The van der Waals surface area contributed by atoms with E-state index in [1.54, 1.807) is 18.9 Å². The predicted molar refractivity (Wildman–Crippen MR) is 105 cm³/mol. The number of carbonyl (C=O) groups excluding carboxylic acids is 1. The highest BCUT2D eigenvalue weighted by atomic mass is 16.6. The third-order valence-corrected chi connectivity index (χ3v) is 4.84. The van der Waals surface area contributed by atoms with Gasteiger partial charge >= 0.3 is 11.7 Å². The van der Waals surface area contributed by atoms with Gasteiger partial charge in [0, 0.05) is 25.8 Å². The summed E-state index contributed by atoms with van der Waals surface area (Å²) in [5.74, 6) is 0.126. The van der Waals surface area contributed by atoms with E-state index in [1.165, 1.54) is 6.33 Å². The van der Waals surface area contributed by atoms with Crippen LogP contribution in [0.3, 0.4) is 0 Å². The van der Waals surface area contributed by atoms with Crippen LogP contribution >= 0.6 is 0 Å². The number of hydrogen-bond acceptors (Lipinski definition) is 8. The van der Waals surface area contributed by atoms with E-state index in [4.69, 9.17) is 4.74 Å². The molecule has 148 valence electrons. The second-order valence-electron chi connectivity index (χ2n) is 6.53. The van der Waals surface area contributed by atoms with E-state index < -0.39 is 4.92 Å². The Morgan fingerprint density at radius 3 is 2.57 bits per heavy atom. The van der Waals surface area contributed by atoms with Gasteiger partial charge in [0.2, 0.25) is 11.6 Å². The van der Waals surface area contributed by atoms with E-state index in [9.17, 15) is 14.9 Å². The summed E-state index contributed by atoms with van der Waals surface area (Å²) < 4.78 is 5.09. The molecule has 1 fully saturated rings. The van der Waals surface area contributed by atoms with Crippen LogP contribution in [-0.4, -0.2) is 47.6 Å². The normalized spacial score (nSPS) is 14.6. The Balaban J connectivity index is 1.87. The van der Waals surface area contributed by atoms with Crippen LogP contribution < -0.4 is 9.80 Å². The van der Waals surface area contributed by atoms with Gasteiger partial charge in [-0.25, -0.2) is 9.97 Å². The Morgan fingerprint density at radius 1 is 1.29 bits per heavy atom. The van der Waals surface area contributed by atoms with E-state index in [0.717, 1.165) is 5.69 Å². The summed E-state index contributed by atoms with van der Waals surface area (Å²) in [7, 11) is 1.74. The fraction of sp³-hybridized carbons (Fsp3) is 0.421. The van der Waals surface area contributed by atoms with Crippen molar-refractivity contribution in [2.24, 2.45) is 5.92 Å². The minimum atomic E-state index is -0.443. The fourth-order valence-electron chi connectivity index (χ4n) is 3.36. The fourth-order valence-corrected chi connectivity index (χ4v) is 3.36. The second-order valence-corrected chi connectivity index (χ2v) is 6.53. The van der Waals surface area contributed by atoms with Gasteiger partial charge in [-0.05, 0) is 31.9 Å². The van der Waals surface area contributed by atoms with Gasteiger partial charge in [0.25, 0.3) is 0 Å². The molecule has 0 amide bonds. The summed E-state index contributed by atoms with van der Waals surface area (Å²) in [6.07, 6.45) is 2.49. The van der Waals surface area contributed by atoms with Gasteiger partial charge in [0.05, 0.1) is 17.4 Å². The Hall–Kier alpha value is -3.23. The first-order chi connectivity index (χ1) is 13.5. The highest BCUT2D eigenvalue weighted by Gasteiger charge is 2.33. The number of aromatic nitrogens is 2. The first-order valence-electron chi connectivity index (χ1n) is 9.22. The van der Waals surface area contributed by atoms with Gasteiger partial charge in [0.1, 0.15) is 6.33 Å². The zero-order valence-electron chi connectivity index (χ0n) is 15.9. The molecule has 1 aromatic heterocycles. The highest BCUT2D eigenvalue weighted by Crippen LogP contribution is 2.37. The zero-order valence-corrected chi connectivity index (χ0v) is 15.9. The van der Waals surface area contributed by atoms with E-state index >= 15 is 0 Å². The zero-order chi connectivity index (χ0) is 20.1. The molecule has 2 aromatic rings. The third kappa shape index (κ3) is 4.03. The summed E-state index contributed by atoms with van der Waals surface area (Å²) >= 11 is 0. The summed E-state index contributed by atoms with van der Waals surface area (Å²) in [5, 5.41) is 11.9. The van der Waals surface area contributed by atoms with Crippen LogP contribution in [0.15, 0.2) is 36.7 Å². The summed E-state index contributed by atoms with van der Waals surface area (Å²) in [6.45, 7) is 3.12. The maximum atomic E-state index is 11.9. The molecule has 1 aromatic carbocycles. The molecule has 0 aliphatic carbocycles. The first kappa shape index (κ1) is 19.5. The Bertz CT molecular complexity index is 837. The highest BCUT2D eigenvalue weighted by molar-refractivity contribution is 5.76. The van der Waals surface area contributed by atoms with Gasteiger partial charge in [-0.3, -0.25) is 14.9 Å². The molecule has 0 atom stereocenters. The lowest BCUT2D eigenvalue weighted by Gasteiger charge is -2.31. The maximum absolute atomic E-state index is 11.9. The number of piperidine rings is 1. The van der Waals surface area contributed by atoms with E-state index in [1.807, 2.05) is 35.2 Å². The lowest BCUT2D eigenvalue weighted by atomic mass is 9.97. The first-order valence-corrected chi connectivity index (χ1v) is 9.22. The Kier molecular flexibility index (Phi) is 6.03. The van der Waals surface area contributed by atoms with Crippen molar-refractivity contribution in [3.63, 3.8) is 0 Å². The van der Waals surface area contributed by atoms with Gasteiger partial charge in [-0.15, -0.1) is 0 Å². The van der Waals surface area contributed by atoms with Crippen LogP contribution in [0.1, 0.15) is 19.8 Å². The molecular weight excluding hydrogens is 362 g/mol. The molecule has 1 aliphatic rings. The van der Waals surface area contributed by atoms with Gasteiger partial charge in [0.15, 0.2) is 0 Å². The molecule has 1 saturated heterocycles. The molecule has 1 aliphatic heterocycles. The number of para-hydroxylation sites is 1. The van der Waals surface area contributed by atoms with Crippen LogP contribution in [0, 0.1) is 16.0 Å². The lowest BCUT2D eigenvalue weighted by Crippen LogP contribution is -2.38. The minimum Gasteiger partial charge on any atom is -0.466 e. The smallest absolute Gasteiger partial charge is 0.353 e. The van der Waals surface area contributed by atoms with E-state index in [-0.39, 0.29) is 29.2 Å². The van der Waals surface area contributed by atoms with Crippen molar-refractivity contribution in [3.8, 4) is 0 Å². The lowest BCUT2D eigenvalue weighted by molar-refractivity contribution is -0.383. The Labute approximate surface area is 163 Å². The van der Waals surface area contributed by atoms with Crippen molar-refractivity contribution < 1.29 is 14.5 Å². The molecule has 9 nitrogen and oxygen atoms in total. The maximum Gasteiger partial charge on any atom is 0.353 e. The van der Waals surface area contributed by atoms with Gasteiger partial charge < -0.3 is 14.5 Å². The van der Waals surface area contributed by atoms with Gasteiger partial charge in [-0.1, -0.05) is 18.2 Å². The molecule has 9 heteroatoms. The van der Waals surface area contributed by atoms with Crippen LogP contribution in [0.25, 0.3) is 0 Å². The van der Waals surface area contributed by atoms with E-state index in [2.05, 4.69) is 9.97 Å². The number of nitrogens with zero attached hydrogens (tertiary/aromatic N) is 5. The standard InChI is InChI=1S/C19H23N5O4/c1-3-28-19(25)14-9-11-23(12-10-14)18-16(24(26)27)17(20-13-21-18)22(2)15-7-5-4-6-8-15/h4-8,13-14H,3,9-12H2,1-2H3. The monoisotopic (exact) mass is 385 g/mol. The topological polar surface area (TPSA) is 102 Å². The molecule has 2 heterocycles. The van der Waals surface area contributed by atoms with Crippen molar-refractivity contribution in [3.05, 3.63) is 46.8 Å². The van der Waals surface area contributed by atoms with Crippen LogP contribution in [0.2, 0.25) is 0 Å². The van der Waals surface area contributed by atoms with Gasteiger partial charge in [-0.2, -0.15) is 0 Å². The Morgan fingerprint density at radius 2 is 1.96 bits per heavy atom. The number of esters is 1. The van der Waals surface area contributed by atoms with Crippen LogP contribution in [0.4, 0.5) is 23.0 Å².